The van der Waals surface area contributed by atoms with Crippen LogP contribution in [-0.2, 0) is 16.6 Å². The normalized spacial score (nSPS) is 11.2. The molecule has 118 valence electrons. The molecule has 0 spiro atoms. The van der Waals surface area contributed by atoms with E-state index in [1.165, 1.54) is 0 Å². The smallest absolute Gasteiger partial charge is 0.232 e. The Balaban J connectivity index is 1.96. The van der Waals surface area contributed by atoms with Crippen molar-refractivity contribution in [1.82, 2.24) is 0 Å². The Morgan fingerprint density at radius 3 is 2.27 bits per heavy atom. The van der Waals surface area contributed by atoms with E-state index in [2.05, 4.69) is 10.0 Å². The minimum absolute atomic E-state index is 0.125. The largest absolute Gasteiger partial charge is 0.381 e. The molecule has 0 radical (unpaired) electrons. The Labute approximate surface area is 136 Å². The molecule has 0 atom stereocenters. The first-order valence-corrected chi connectivity index (χ1v) is 9.11. The van der Waals surface area contributed by atoms with Crippen LogP contribution in [-0.4, -0.2) is 14.2 Å². The third-order valence-corrected chi connectivity index (χ3v) is 4.93. The van der Waals surface area contributed by atoms with Gasteiger partial charge in [0.25, 0.3) is 0 Å². The van der Waals surface area contributed by atoms with Gasteiger partial charge in [0.15, 0.2) is 0 Å². The minimum atomic E-state index is -3.25. The van der Waals surface area contributed by atoms with Crippen LogP contribution < -0.4 is 10.0 Å². The molecule has 0 saturated carbocycles. The Hall–Kier alpha value is -1.72. The molecular weight excluding hydrogens is 320 g/mol. The fraction of sp³-hybridized carbons (Fsp3) is 0.250. The number of rotatable bonds is 7. The minimum Gasteiger partial charge on any atom is -0.381 e. The molecule has 0 amide bonds. The van der Waals surface area contributed by atoms with Gasteiger partial charge in [0, 0.05) is 22.9 Å². The highest BCUT2D eigenvalue weighted by molar-refractivity contribution is 7.92. The first-order valence-electron chi connectivity index (χ1n) is 7.08. The maximum absolute atomic E-state index is 11.7. The average molecular weight is 339 g/mol. The Morgan fingerprint density at radius 1 is 1.00 bits per heavy atom. The number of hydrogen-bond donors (Lipinski definition) is 2. The quantitative estimate of drug-likeness (QED) is 0.799. The molecule has 0 bridgehead atoms. The van der Waals surface area contributed by atoms with Crippen molar-refractivity contribution in [2.75, 3.05) is 15.8 Å². The predicted molar refractivity (Wildman–Crippen MR) is 92.9 cm³/mol. The monoisotopic (exact) mass is 338 g/mol. The number of sulfonamides is 1. The van der Waals surface area contributed by atoms with Gasteiger partial charge >= 0.3 is 0 Å². The molecular formula is C16H19ClN2O2S. The lowest BCUT2D eigenvalue weighted by molar-refractivity contribution is 0.600. The van der Waals surface area contributed by atoms with Crippen molar-refractivity contribution in [3.05, 3.63) is 59.1 Å². The number of halogens is 1. The van der Waals surface area contributed by atoms with E-state index < -0.39 is 10.0 Å². The van der Waals surface area contributed by atoms with Gasteiger partial charge in [-0.05, 0) is 42.3 Å². The van der Waals surface area contributed by atoms with E-state index in [0.717, 1.165) is 16.3 Å². The maximum atomic E-state index is 11.7. The fourth-order valence-electron chi connectivity index (χ4n) is 1.99. The summed E-state index contributed by atoms with van der Waals surface area (Å²) < 4.78 is 25.9. The molecule has 6 heteroatoms. The van der Waals surface area contributed by atoms with E-state index in [1.807, 2.05) is 43.3 Å². The average Bonchev–Trinajstić information content (AvgIpc) is 2.47. The van der Waals surface area contributed by atoms with Crippen LogP contribution in [0.3, 0.4) is 0 Å². The molecule has 0 aliphatic rings. The lowest BCUT2D eigenvalue weighted by Gasteiger charge is -2.10. The summed E-state index contributed by atoms with van der Waals surface area (Å²) in [5.41, 5.74) is 2.48. The first-order chi connectivity index (χ1) is 10.5. The summed E-state index contributed by atoms with van der Waals surface area (Å²) in [6.45, 7) is 2.45. The summed E-state index contributed by atoms with van der Waals surface area (Å²) in [4.78, 5) is 0. The van der Waals surface area contributed by atoms with Gasteiger partial charge in [-0.25, -0.2) is 8.42 Å². The molecule has 0 saturated heterocycles. The van der Waals surface area contributed by atoms with E-state index >= 15 is 0 Å². The molecule has 22 heavy (non-hydrogen) atoms. The highest BCUT2D eigenvalue weighted by Gasteiger charge is 2.08. The highest BCUT2D eigenvalue weighted by atomic mass is 35.5. The second kappa shape index (κ2) is 7.51. The zero-order valence-corrected chi connectivity index (χ0v) is 13.9. The van der Waals surface area contributed by atoms with Crippen LogP contribution in [0.5, 0.6) is 0 Å². The standard InChI is InChI=1S/C16H19ClN2O2S/c1-2-11-22(20,21)19-15-9-7-14(8-10-15)18-12-13-5-3-4-6-16(13)17/h3-10,18-19H,2,11-12H2,1H3. The third kappa shape index (κ3) is 4.93. The van der Waals surface area contributed by atoms with Crippen LogP contribution in [0.2, 0.25) is 5.02 Å². The van der Waals surface area contributed by atoms with Gasteiger partial charge in [0.2, 0.25) is 10.0 Å². The van der Waals surface area contributed by atoms with Gasteiger partial charge in [0.1, 0.15) is 0 Å². The first kappa shape index (κ1) is 16.6. The van der Waals surface area contributed by atoms with E-state index in [4.69, 9.17) is 11.6 Å². The van der Waals surface area contributed by atoms with Gasteiger partial charge in [-0.2, -0.15) is 0 Å². The highest BCUT2D eigenvalue weighted by Crippen LogP contribution is 2.19. The zero-order valence-electron chi connectivity index (χ0n) is 12.3. The van der Waals surface area contributed by atoms with Gasteiger partial charge in [0.05, 0.1) is 5.75 Å². The second-order valence-electron chi connectivity index (χ2n) is 4.94. The lowest BCUT2D eigenvalue weighted by atomic mass is 10.2. The number of anilines is 2. The molecule has 2 rings (SSSR count). The van der Waals surface area contributed by atoms with Crippen LogP contribution in [0.1, 0.15) is 18.9 Å². The third-order valence-electron chi connectivity index (χ3n) is 3.07. The fourth-order valence-corrected chi connectivity index (χ4v) is 3.33. The molecule has 0 aromatic heterocycles. The molecule has 2 N–H and O–H groups in total. The van der Waals surface area contributed by atoms with E-state index in [0.29, 0.717) is 18.7 Å². The molecule has 0 unspecified atom stereocenters. The summed E-state index contributed by atoms with van der Waals surface area (Å²) in [6, 6.07) is 14.8. The molecule has 0 aliphatic heterocycles. The zero-order chi connectivity index (χ0) is 16.0. The topological polar surface area (TPSA) is 58.2 Å². The molecule has 4 nitrogen and oxygen atoms in total. The Morgan fingerprint density at radius 2 is 1.64 bits per heavy atom. The number of benzene rings is 2. The van der Waals surface area contributed by atoms with Crippen molar-refractivity contribution < 1.29 is 8.42 Å². The summed E-state index contributed by atoms with van der Waals surface area (Å²) in [6.07, 6.45) is 0.590. The molecule has 0 aliphatic carbocycles. The van der Waals surface area contributed by atoms with E-state index in [1.54, 1.807) is 12.1 Å². The number of hydrogen-bond acceptors (Lipinski definition) is 3. The van der Waals surface area contributed by atoms with Crippen LogP contribution in [0.25, 0.3) is 0 Å². The van der Waals surface area contributed by atoms with Crippen molar-refractivity contribution in [3.63, 3.8) is 0 Å². The lowest BCUT2D eigenvalue weighted by Crippen LogP contribution is -2.15. The summed E-state index contributed by atoms with van der Waals surface area (Å²) in [5, 5.41) is 3.98. The van der Waals surface area contributed by atoms with Crippen LogP contribution >= 0.6 is 11.6 Å². The van der Waals surface area contributed by atoms with Crippen molar-refractivity contribution in [3.8, 4) is 0 Å². The van der Waals surface area contributed by atoms with Crippen LogP contribution in [0, 0.1) is 0 Å². The van der Waals surface area contributed by atoms with Gasteiger partial charge < -0.3 is 5.32 Å². The molecule has 2 aromatic rings. The Kier molecular flexibility index (Phi) is 5.69. The predicted octanol–water partition coefficient (Wildman–Crippen LogP) is 4.10. The SMILES string of the molecule is CCCS(=O)(=O)Nc1ccc(NCc2ccccc2Cl)cc1. The van der Waals surface area contributed by atoms with E-state index in [-0.39, 0.29) is 5.75 Å². The van der Waals surface area contributed by atoms with E-state index in [9.17, 15) is 8.42 Å². The van der Waals surface area contributed by atoms with Crippen LogP contribution in [0.4, 0.5) is 11.4 Å². The summed E-state index contributed by atoms with van der Waals surface area (Å²) >= 11 is 6.10. The summed E-state index contributed by atoms with van der Waals surface area (Å²) in [7, 11) is -3.25. The molecule has 0 heterocycles. The maximum Gasteiger partial charge on any atom is 0.232 e. The molecule has 0 fully saturated rings. The summed E-state index contributed by atoms with van der Waals surface area (Å²) in [5.74, 6) is 0.125. The van der Waals surface area contributed by atoms with Crippen molar-refractivity contribution in [1.29, 1.82) is 0 Å². The Bertz CT molecular complexity index is 715. The van der Waals surface area contributed by atoms with Crippen molar-refractivity contribution in [2.45, 2.75) is 19.9 Å². The van der Waals surface area contributed by atoms with Crippen molar-refractivity contribution in [2.24, 2.45) is 0 Å². The molecule has 2 aromatic carbocycles. The van der Waals surface area contributed by atoms with Gasteiger partial charge in [-0.1, -0.05) is 36.7 Å². The van der Waals surface area contributed by atoms with Gasteiger partial charge in [-0.3, -0.25) is 4.72 Å². The second-order valence-corrected chi connectivity index (χ2v) is 7.19. The van der Waals surface area contributed by atoms with Gasteiger partial charge in [-0.15, -0.1) is 0 Å². The van der Waals surface area contributed by atoms with Crippen molar-refractivity contribution >= 4 is 33.0 Å². The number of nitrogens with one attached hydrogen (secondary N) is 2. The van der Waals surface area contributed by atoms with Crippen LogP contribution in [0.15, 0.2) is 48.5 Å².